The minimum absolute atomic E-state index is 0.239. The number of hydrogen-bond acceptors (Lipinski definition) is 4. The van der Waals surface area contributed by atoms with Crippen molar-refractivity contribution in [1.82, 2.24) is 10.2 Å². The number of carbonyl (C=O) groups is 1. The molecule has 1 aliphatic heterocycles. The lowest BCUT2D eigenvalue weighted by Crippen LogP contribution is -2.37. The molecule has 1 aromatic heterocycles. The van der Waals surface area contributed by atoms with Gasteiger partial charge in [-0.05, 0) is 37.0 Å². The molecule has 1 aliphatic rings. The lowest BCUT2D eigenvalue weighted by atomic mass is 9.94. The molecule has 1 saturated heterocycles. The number of piperidine rings is 1. The van der Waals surface area contributed by atoms with Crippen molar-refractivity contribution in [3.05, 3.63) is 41.4 Å². The number of aromatic nitrogens is 2. The lowest BCUT2D eigenvalue weighted by Gasteiger charge is -2.32. The Morgan fingerprint density at radius 2 is 2.09 bits per heavy atom. The molecule has 0 saturated carbocycles. The Labute approximate surface area is 140 Å². The van der Waals surface area contributed by atoms with E-state index in [9.17, 15) is 4.79 Å². The van der Waals surface area contributed by atoms with Gasteiger partial charge in [-0.25, -0.2) is 0 Å². The number of hydrogen-bond donors (Lipinski definition) is 1. The lowest BCUT2D eigenvalue weighted by molar-refractivity contribution is -0.118. The van der Waals surface area contributed by atoms with Crippen LogP contribution in [0.3, 0.4) is 0 Å². The van der Waals surface area contributed by atoms with Crippen molar-refractivity contribution in [2.24, 2.45) is 11.7 Å². The van der Waals surface area contributed by atoms with E-state index in [-0.39, 0.29) is 5.91 Å². The molecule has 6 heteroatoms. The van der Waals surface area contributed by atoms with E-state index in [2.05, 4.69) is 15.1 Å². The molecule has 23 heavy (non-hydrogen) atoms. The first-order chi connectivity index (χ1) is 11.1. The second-order valence-corrected chi connectivity index (χ2v) is 6.29. The minimum atomic E-state index is -0.239. The van der Waals surface area contributed by atoms with E-state index in [0.717, 1.165) is 43.0 Å². The Kier molecular flexibility index (Phi) is 4.76. The van der Waals surface area contributed by atoms with Crippen LogP contribution in [0.4, 0.5) is 5.82 Å². The molecule has 120 valence electrons. The van der Waals surface area contributed by atoms with Crippen molar-refractivity contribution in [1.29, 1.82) is 0 Å². The fourth-order valence-corrected chi connectivity index (χ4v) is 3.26. The van der Waals surface area contributed by atoms with Gasteiger partial charge in [0.2, 0.25) is 5.91 Å². The third-order valence-electron chi connectivity index (χ3n) is 4.13. The van der Waals surface area contributed by atoms with E-state index in [1.807, 2.05) is 36.4 Å². The highest BCUT2D eigenvalue weighted by atomic mass is 35.5. The highest BCUT2D eigenvalue weighted by Gasteiger charge is 2.22. The second kappa shape index (κ2) is 6.96. The van der Waals surface area contributed by atoms with Crippen molar-refractivity contribution >= 4 is 23.3 Å². The number of amides is 1. The molecule has 1 atom stereocenters. The van der Waals surface area contributed by atoms with Crippen molar-refractivity contribution in [2.45, 2.75) is 19.3 Å². The first-order valence-electron chi connectivity index (χ1n) is 7.75. The molecule has 0 radical (unpaired) electrons. The summed E-state index contributed by atoms with van der Waals surface area (Å²) in [7, 11) is 0. The van der Waals surface area contributed by atoms with Gasteiger partial charge in [0.15, 0.2) is 5.82 Å². The van der Waals surface area contributed by atoms with Crippen molar-refractivity contribution in [2.75, 3.05) is 18.0 Å². The fourth-order valence-electron chi connectivity index (χ4n) is 3.03. The molecule has 5 nitrogen and oxygen atoms in total. The van der Waals surface area contributed by atoms with E-state index in [0.29, 0.717) is 17.4 Å². The van der Waals surface area contributed by atoms with Gasteiger partial charge >= 0.3 is 0 Å². The van der Waals surface area contributed by atoms with Crippen LogP contribution in [-0.4, -0.2) is 29.2 Å². The highest BCUT2D eigenvalue weighted by Crippen LogP contribution is 2.27. The predicted octanol–water partition coefficient (Wildman–Crippen LogP) is 2.89. The maximum Gasteiger partial charge on any atom is 0.217 e. The van der Waals surface area contributed by atoms with Crippen LogP contribution in [0.15, 0.2) is 36.4 Å². The summed E-state index contributed by atoms with van der Waals surface area (Å²) in [6.45, 7) is 1.72. The standard InChI is InChI=1S/C17H19ClN4O/c18-14-6-2-1-5-13(14)15-7-8-17(21-20-15)22-9-3-4-12(11-22)10-16(19)23/h1-2,5-8,12H,3-4,9-11H2,(H2,19,23). The number of primary amides is 1. The quantitative estimate of drug-likeness (QED) is 0.935. The summed E-state index contributed by atoms with van der Waals surface area (Å²) < 4.78 is 0. The van der Waals surface area contributed by atoms with Crippen LogP contribution < -0.4 is 10.6 Å². The maximum absolute atomic E-state index is 11.1. The summed E-state index contributed by atoms with van der Waals surface area (Å²) in [4.78, 5) is 13.3. The fraction of sp³-hybridized carbons (Fsp3) is 0.353. The van der Waals surface area contributed by atoms with Gasteiger partial charge in [0.25, 0.3) is 0 Å². The molecule has 1 unspecified atom stereocenters. The molecule has 0 bridgehead atoms. The van der Waals surface area contributed by atoms with Crippen LogP contribution >= 0.6 is 11.6 Å². The molecular formula is C17H19ClN4O. The van der Waals surface area contributed by atoms with Gasteiger partial charge in [-0.1, -0.05) is 29.8 Å². The van der Waals surface area contributed by atoms with Crippen LogP contribution in [0.1, 0.15) is 19.3 Å². The third kappa shape index (κ3) is 3.79. The summed E-state index contributed by atoms with van der Waals surface area (Å²) >= 11 is 6.19. The molecule has 1 aromatic carbocycles. The normalized spacial score (nSPS) is 18.0. The molecule has 2 heterocycles. The van der Waals surface area contributed by atoms with Gasteiger partial charge < -0.3 is 10.6 Å². The van der Waals surface area contributed by atoms with Crippen LogP contribution in [-0.2, 0) is 4.79 Å². The van der Waals surface area contributed by atoms with E-state index in [1.165, 1.54) is 0 Å². The van der Waals surface area contributed by atoms with Crippen LogP contribution in [0, 0.1) is 5.92 Å². The summed E-state index contributed by atoms with van der Waals surface area (Å²) in [6.07, 6.45) is 2.50. The van der Waals surface area contributed by atoms with Crippen LogP contribution in [0.5, 0.6) is 0 Å². The van der Waals surface area contributed by atoms with Gasteiger partial charge in [-0.2, -0.15) is 0 Å². The average molecular weight is 331 g/mol. The number of carbonyl (C=O) groups excluding carboxylic acids is 1. The van der Waals surface area contributed by atoms with E-state index in [4.69, 9.17) is 17.3 Å². The Morgan fingerprint density at radius 1 is 1.26 bits per heavy atom. The van der Waals surface area contributed by atoms with Gasteiger partial charge in [0.1, 0.15) is 0 Å². The smallest absolute Gasteiger partial charge is 0.217 e. The largest absolute Gasteiger partial charge is 0.370 e. The van der Waals surface area contributed by atoms with Gasteiger partial charge in [0.05, 0.1) is 10.7 Å². The Bertz CT molecular complexity index is 689. The summed E-state index contributed by atoms with van der Waals surface area (Å²) in [5.74, 6) is 0.887. The zero-order chi connectivity index (χ0) is 16.2. The molecule has 1 fully saturated rings. The first kappa shape index (κ1) is 15.7. The Balaban J connectivity index is 1.74. The highest BCUT2D eigenvalue weighted by molar-refractivity contribution is 6.33. The number of benzene rings is 1. The van der Waals surface area contributed by atoms with E-state index < -0.39 is 0 Å². The molecule has 3 rings (SSSR count). The number of nitrogens with two attached hydrogens (primary N) is 1. The third-order valence-corrected chi connectivity index (χ3v) is 4.46. The number of halogens is 1. The predicted molar refractivity (Wildman–Crippen MR) is 91.2 cm³/mol. The first-order valence-corrected chi connectivity index (χ1v) is 8.13. The van der Waals surface area contributed by atoms with E-state index in [1.54, 1.807) is 0 Å². The van der Waals surface area contributed by atoms with Gasteiger partial charge in [-0.3, -0.25) is 4.79 Å². The average Bonchev–Trinajstić information content (AvgIpc) is 2.55. The molecule has 2 N–H and O–H groups in total. The Morgan fingerprint density at radius 3 is 2.78 bits per heavy atom. The van der Waals surface area contributed by atoms with Gasteiger partial charge in [0, 0.05) is 25.1 Å². The summed E-state index contributed by atoms with van der Waals surface area (Å²) in [5, 5.41) is 9.30. The molecule has 1 amide bonds. The van der Waals surface area contributed by atoms with Crippen LogP contribution in [0.2, 0.25) is 5.02 Å². The Hall–Kier alpha value is -2.14. The van der Waals surface area contributed by atoms with Crippen molar-refractivity contribution in [3.63, 3.8) is 0 Å². The zero-order valence-corrected chi connectivity index (χ0v) is 13.5. The maximum atomic E-state index is 11.1. The van der Waals surface area contributed by atoms with Crippen molar-refractivity contribution in [3.8, 4) is 11.3 Å². The summed E-state index contributed by atoms with van der Waals surface area (Å²) in [6, 6.07) is 11.5. The van der Waals surface area contributed by atoms with Crippen molar-refractivity contribution < 1.29 is 4.79 Å². The second-order valence-electron chi connectivity index (χ2n) is 5.88. The molecule has 0 aliphatic carbocycles. The van der Waals surface area contributed by atoms with Crippen LogP contribution in [0.25, 0.3) is 11.3 Å². The zero-order valence-electron chi connectivity index (χ0n) is 12.8. The number of anilines is 1. The topological polar surface area (TPSA) is 72.1 Å². The van der Waals surface area contributed by atoms with Gasteiger partial charge in [-0.15, -0.1) is 10.2 Å². The number of rotatable bonds is 4. The number of nitrogens with zero attached hydrogens (tertiary/aromatic N) is 3. The monoisotopic (exact) mass is 330 g/mol. The van der Waals surface area contributed by atoms with E-state index >= 15 is 0 Å². The minimum Gasteiger partial charge on any atom is -0.370 e. The molecule has 0 spiro atoms. The summed E-state index contributed by atoms with van der Waals surface area (Å²) in [5.41, 5.74) is 6.94. The molecule has 2 aromatic rings. The SMILES string of the molecule is NC(=O)CC1CCCN(c2ccc(-c3ccccc3Cl)nn2)C1. The molecular weight excluding hydrogens is 312 g/mol.